The Morgan fingerprint density at radius 1 is 1.18 bits per heavy atom. The Bertz CT molecular complexity index is 154. The van der Waals surface area contributed by atoms with Crippen LogP contribution >= 0.6 is 0 Å². The molecule has 66 valence electrons. The quantitative estimate of drug-likeness (QED) is 0.519. The molecule has 0 aromatic heterocycles. The summed E-state index contributed by atoms with van der Waals surface area (Å²) >= 11 is 0. The second kappa shape index (κ2) is 2.71. The summed E-state index contributed by atoms with van der Waals surface area (Å²) in [6.07, 6.45) is -4.90. The Hall–Kier alpha value is -0.740. The van der Waals surface area contributed by atoms with Gasteiger partial charge in [-0.1, -0.05) is 0 Å². The molecule has 0 aromatic carbocycles. The van der Waals surface area contributed by atoms with Crippen LogP contribution in [-0.2, 0) is 9.53 Å². The highest BCUT2D eigenvalue weighted by molar-refractivity contribution is 5.75. The molecular formula is C6H9F3O2. The van der Waals surface area contributed by atoms with E-state index in [9.17, 15) is 18.0 Å². The van der Waals surface area contributed by atoms with Crippen molar-refractivity contribution in [3.8, 4) is 0 Å². The third kappa shape index (κ3) is 4.64. The van der Waals surface area contributed by atoms with Gasteiger partial charge in [-0.15, -0.1) is 0 Å². The van der Waals surface area contributed by atoms with Crippen molar-refractivity contribution in [2.24, 2.45) is 0 Å². The molecule has 0 rings (SSSR count). The Balaban J connectivity index is 4.11. The van der Waals surface area contributed by atoms with Crippen molar-refractivity contribution in [3.63, 3.8) is 0 Å². The van der Waals surface area contributed by atoms with E-state index in [2.05, 4.69) is 4.74 Å². The van der Waals surface area contributed by atoms with E-state index in [4.69, 9.17) is 0 Å². The number of esters is 1. The lowest BCUT2D eigenvalue weighted by Gasteiger charge is -2.19. The van der Waals surface area contributed by atoms with Gasteiger partial charge in [-0.2, -0.15) is 13.2 Å². The molecular weight excluding hydrogens is 161 g/mol. The number of hydrogen-bond acceptors (Lipinski definition) is 2. The topological polar surface area (TPSA) is 26.3 Å². The molecule has 0 unspecified atom stereocenters. The van der Waals surface area contributed by atoms with Crippen LogP contribution in [0.25, 0.3) is 0 Å². The highest BCUT2D eigenvalue weighted by Crippen LogP contribution is 2.20. The number of hydrogen-bond donors (Lipinski definition) is 0. The number of carbonyl (C=O) groups excluding carboxylic acids is 1. The van der Waals surface area contributed by atoms with Gasteiger partial charge in [0.25, 0.3) is 0 Å². The minimum atomic E-state index is -4.90. The molecule has 0 heterocycles. The maximum atomic E-state index is 11.5. The molecule has 5 heteroatoms. The first kappa shape index (κ1) is 10.3. The summed E-state index contributed by atoms with van der Waals surface area (Å²) in [7, 11) is 0. The van der Waals surface area contributed by atoms with Gasteiger partial charge in [0.1, 0.15) is 5.60 Å². The number of carbonyl (C=O) groups is 1. The minimum absolute atomic E-state index is 1.09. The van der Waals surface area contributed by atoms with Crippen molar-refractivity contribution < 1.29 is 22.7 Å². The van der Waals surface area contributed by atoms with E-state index in [-0.39, 0.29) is 0 Å². The maximum Gasteiger partial charge on any atom is 0.490 e. The van der Waals surface area contributed by atoms with Crippen LogP contribution in [0.1, 0.15) is 20.8 Å². The van der Waals surface area contributed by atoms with Crippen molar-refractivity contribution in [1.29, 1.82) is 0 Å². The molecule has 11 heavy (non-hydrogen) atoms. The lowest BCUT2D eigenvalue weighted by Crippen LogP contribution is -2.33. The normalized spacial score (nSPS) is 12.9. The molecule has 0 N–H and O–H groups in total. The first-order chi connectivity index (χ1) is 4.63. The van der Waals surface area contributed by atoms with Crippen LogP contribution in [0.15, 0.2) is 0 Å². The fourth-order valence-corrected chi connectivity index (χ4v) is 0.336. The summed E-state index contributed by atoms with van der Waals surface area (Å²) in [4.78, 5) is 10.1. The van der Waals surface area contributed by atoms with E-state index in [1.54, 1.807) is 0 Å². The van der Waals surface area contributed by atoms with E-state index in [0.717, 1.165) is 0 Å². The standard InChI is InChI=1S/C6H9F3O2/c1-5(2,3)11-4(10)6(7,8)9/h1-3H3. The van der Waals surface area contributed by atoms with Gasteiger partial charge in [-0.3, -0.25) is 0 Å². The predicted octanol–water partition coefficient (Wildman–Crippen LogP) is 1.89. The molecule has 0 aliphatic carbocycles. The van der Waals surface area contributed by atoms with Crippen molar-refractivity contribution in [1.82, 2.24) is 0 Å². The molecule has 0 amide bonds. The highest BCUT2D eigenvalue weighted by atomic mass is 19.4. The van der Waals surface area contributed by atoms with Gasteiger partial charge >= 0.3 is 12.1 Å². The summed E-state index contributed by atoms with van der Waals surface area (Å²) in [5.41, 5.74) is -1.09. The van der Waals surface area contributed by atoms with Gasteiger partial charge in [-0.05, 0) is 20.8 Å². The Morgan fingerprint density at radius 3 is 1.64 bits per heavy atom. The molecule has 0 bridgehead atoms. The zero-order chi connectivity index (χ0) is 9.28. The summed E-state index contributed by atoms with van der Waals surface area (Å²) in [5.74, 6) is -2.15. The van der Waals surface area contributed by atoms with Crippen LogP contribution in [-0.4, -0.2) is 17.7 Å². The fraction of sp³-hybridized carbons (Fsp3) is 0.833. The van der Waals surface area contributed by atoms with Crippen molar-refractivity contribution >= 4 is 5.97 Å². The third-order valence-electron chi connectivity index (χ3n) is 0.630. The monoisotopic (exact) mass is 170 g/mol. The van der Waals surface area contributed by atoms with Gasteiger partial charge in [0.15, 0.2) is 0 Å². The lowest BCUT2D eigenvalue weighted by molar-refractivity contribution is -0.210. The van der Waals surface area contributed by atoms with E-state index in [1.165, 1.54) is 20.8 Å². The number of rotatable bonds is 0. The van der Waals surface area contributed by atoms with E-state index in [1.807, 2.05) is 0 Å². The largest absolute Gasteiger partial charge is 0.490 e. The van der Waals surface area contributed by atoms with E-state index in [0.29, 0.717) is 0 Å². The van der Waals surface area contributed by atoms with Gasteiger partial charge in [-0.25, -0.2) is 4.79 Å². The average Bonchev–Trinajstić information content (AvgIpc) is 1.56. The Morgan fingerprint density at radius 2 is 1.55 bits per heavy atom. The van der Waals surface area contributed by atoms with E-state index >= 15 is 0 Å². The first-order valence-corrected chi connectivity index (χ1v) is 2.93. The Kier molecular flexibility index (Phi) is 2.53. The number of halogens is 3. The van der Waals surface area contributed by atoms with Crippen molar-refractivity contribution in [2.75, 3.05) is 0 Å². The molecule has 0 saturated carbocycles. The molecule has 0 atom stereocenters. The van der Waals surface area contributed by atoms with Gasteiger partial charge in [0, 0.05) is 0 Å². The zero-order valence-electron chi connectivity index (χ0n) is 6.45. The highest BCUT2D eigenvalue weighted by Gasteiger charge is 2.42. The van der Waals surface area contributed by atoms with Crippen molar-refractivity contribution in [2.45, 2.75) is 32.5 Å². The van der Waals surface area contributed by atoms with Gasteiger partial charge in [0.2, 0.25) is 0 Å². The molecule has 0 spiro atoms. The molecule has 0 aliphatic rings. The summed E-state index contributed by atoms with van der Waals surface area (Å²) < 4.78 is 38.6. The lowest BCUT2D eigenvalue weighted by atomic mass is 10.2. The average molecular weight is 170 g/mol. The SMILES string of the molecule is CC(C)(C)OC(=O)C(F)(F)F. The van der Waals surface area contributed by atoms with Crippen LogP contribution in [0.2, 0.25) is 0 Å². The second-order valence-corrected chi connectivity index (χ2v) is 3.00. The molecule has 0 aliphatic heterocycles. The summed E-state index contributed by atoms with van der Waals surface area (Å²) in [6, 6.07) is 0. The van der Waals surface area contributed by atoms with Gasteiger partial charge < -0.3 is 4.74 Å². The second-order valence-electron chi connectivity index (χ2n) is 3.00. The molecule has 0 saturated heterocycles. The third-order valence-corrected chi connectivity index (χ3v) is 0.630. The van der Waals surface area contributed by atoms with Gasteiger partial charge in [0.05, 0.1) is 0 Å². The zero-order valence-corrected chi connectivity index (χ0v) is 6.45. The van der Waals surface area contributed by atoms with E-state index < -0.39 is 17.7 Å². The predicted molar refractivity (Wildman–Crippen MR) is 31.9 cm³/mol. The molecule has 0 radical (unpaired) electrons. The van der Waals surface area contributed by atoms with Crippen LogP contribution in [0, 0.1) is 0 Å². The Labute approximate surface area is 62.3 Å². The summed E-state index contributed by atoms with van der Waals surface area (Å²) in [6.45, 7) is 4.12. The molecule has 0 fully saturated rings. The minimum Gasteiger partial charge on any atom is -0.453 e. The first-order valence-electron chi connectivity index (χ1n) is 2.93. The smallest absolute Gasteiger partial charge is 0.453 e. The van der Waals surface area contributed by atoms with Crippen LogP contribution in [0.5, 0.6) is 0 Å². The fourth-order valence-electron chi connectivity index (χ4n) is 0.336. The van der Waals surface area contributed by atoms with Crippen LogP contribution in [0.4, 0.5) is 13.2 Å². The summed E-state index contributed by atoms with van der Waals surface area (Å²) in [5, 5.41) is 0. The van der Waals surface area contributed by atoms with Crippen molar-refractivity contribution in [3.05, 3.63) is 0 Å². The van der Waals surface area contributed by atoms with Crippen LogP contribution < -0.4 is 0 Å². The molecule has 0 aromatic rings. The number of alkyl halides is 3. The van der Waals surface area contributed by atoms with Crippen LogP contribution in [0.3, 0.4) is 0 Å². The number of ether oxygens (including phenoxy) is 1. The maximum absolute atomic E-state index is 11.5. The molecule has 2 nitrogen and oxygen atoms in total.